The molecule has 3 nitrogen and oxygen atoms in total. The average Bonchev–Trinajstić information content (AvgIpc) is 2.93. The van der Waals surface area contributed by atoms with E-state index in [1.807, 2.05) is 12.3 Å². The second-order valence-electron chi connectivity index (χ2n) is 5.79. The summed E-state index contributed by atoms with van der Waals surface area (Å²) in [6.45, 7) is 4.32. The Bertz CT molecular complexity index is 805. The molecule has 22 heavy (non-hydrogen) atoms. The highest BCUT2D eigenvalue weighted by atomic mass is 32.2. The van der Waals surface area contributed by atoms with E-state index < -0.39 is 0 Å². The Balaban J connectivity index is 1.79. The summed E-state index contributed by atoms with van der Waals surface area (Å²) in [4.78, 5) is 10.1. The molecule has 1 aromatic carbocycles. The van der Waals surface area contributed by atoms with E-state index in [1.165, 1.54) is 32.7 Å². The molecule has 0 aliphatic heterocycles. The number of anilines is 1. The third kappa shape index (κ3) is 2.97. The summed E-state index contributed by atoms with van der Waals surface area (Å²) in [6, 6.07) is 10.8. The highest BCUT2D eigenvalue weighted by Gasteiger charge is 2.07. The molecular weight excluding hydrogens is 290 g/mol. The number of fused-ring (bicyclic) bond motifs is 1. The fourth-order valence-corrected chi connectivity index (χ4v) is 3.32. The number of H-pyrrole nitrogens is 1. The number of hydrogen-bond donors (Lipinski definition) is 1. The molecule has 2 heterocycles. The van der Waals surface area contributed by atoms with Crippen LogP contribution in [0.25, 0.3) is 10.9 Å². The summed E-state index contributed by atoms with van der Waals surface area (Å²) in [7, 11) is 4.10. The van der Waals surface area contributed by atoms with E-state index in [9.17, 15) is 0 Å². The molecule has 0 bridgehead atoms. The molecule has 4 heteroatoms. The summed E-state index contributed by atoms with van der Waals surface area (Å²) in [5.74, 6) is 0.868. The van der Waals surface area contributed by atoms with E-state index in [2.05, 4.69) is 67.1 Å². The highest BCUT2D eigenvalue weighted by molar-refractivity contribution is 7.98. The number of pyridine rings is 1. The van der Waals surface area contributed by atoms with Crippen LogP contribution in [0.5, 0.6) is 0 Å². The lowest BCUT2D eigenvalue weighted by Gasteiger charge is -2.12. The lowest BCUT2D eigenvalue weighted by atomic mass is 10.1. The number of aromatic amines is 1. The molecule has 0 aliphatic rings. The fraction of sp³-hybridized carbons (Fsp3) is 0.278. The van der Waals surface area contributed by atoms with Crippen molar-refractivity contribution in [3.8, 4) is 0 Å². The normalized spacial score (nSPS) is 11.1. The van der Waals surface area contributed by atoms with Gasteiger partial charge in [-0.1, -0.05) is 12.1 Å². The van der Waals surface area contributed by atoms with Gasteiger partial charge in [-0.05, 0) is 43.2 Å². The van der Waals surface area contributed by atoms with Gasteiger partial charge in [-0.3, -0.25) is 4.98 Å². The van der Waals surface area contributed by atoms with Crippen molar-refractivity contribution in [1.82, 2.24) is 9.97 Å². The fourth-order valence-electron chi connectivity index (χ4n) is 2.48. The Labute approximate surface area is 135 Å². The van der Waals surface area contributed by atoms with Crippen LogP contribution in [-0.4, -0.2) is 24.1 Å². The summed E-state index contributed by atoms with van der Waals surface area (Å²) >= 11 is 1.80. The van der Waals surface area contributed by atoms with Crippen LogP contribution in [-0.2, 0) is 5.75 Å². The van der Waals surface area contributed by atoms with Gasteiger partial charge in [-0.15, -0.1) is 11.8 Å². The zero-order valence-electron chi connectivity index (χ0n) is 13.5. The van der Waals surface area contributed by atoms with Crippen LogP contribution in [0, 0.1) is 13.8 Å². The van der Waals surface area contributed by atoms with Crippen molar-refractivity contribution in [3.05, 3.63) is 53.3 Å². The van der Waals surface area contributed by atoms with E-state index in [0.29, 0.717) is 0 Å². The molecule has 114 valence electrons. The van der Waals surface area contributed by atoms with Crippen molar-refractivity contribution < 1.29 is 0 Å². The van der Waals surface area contributed by atoms with Crippen LogP contribution in [0.1, 0.15) is 16.8 Å². The SMILES string of the molecule is Cc1ccc2cc(SCc3cc(N(C)C)ccn3)[nH]c2c1C. The lowest BCUT2D eigenvalue weighted by Crippen LogP contribution is -2.09. The predicted octanol–water partition coefficient (Wildman–Crippen LogP) is 4.54. The maximum Gasteiger partial charge on any atom is 0.0736 e. The minimum atomic E-state index is 0.868. The lowest BCUT2D eigenvalue weighted by molar-refractivity contribution is 1.09. The van der Waals surface area contributed by atoms with Crippen molar-refractivity contribution in [2.24, 2.45) is 0 Å². The Hall–Kier alpha value is -1.94. The number of nitrogens with one attached hydrogen (secondary N) is 1. The van der Waals surface area contributed by atoms with Gasteiger partial charge in [0.2, 0.25) is 0 Å². The van der Waals surface area contributed by atoms with Gasteiger partial charge in [0.15, 0.2) is 0 Å². The van der Waals surface area contributed by atoms with E-state index in [0.717, 1.165) is 11.4 Å². The third-order valence-corrected chi connectivity index (χ3v) is 4.97. The highest BCUT2D eigenvalue weighted by Crippen LogP contribution is 2.29. The van der Waals surface area contributed by atoms with Crippen LogP contribution in [0.4, 0.5) is 5.69 Å². The average molecular weight is 311 g/mol. The number of rotatable bonds is 4. The molecule has 3 aromatic rings. The molecule has 1 N–H and O–H groups in total. The van der Waals surface area contributed by atoms with Crippen molar-refractivity contribution in [2.75, 3.05) is 19.0 Å². The third-order valence-electron chi connectivity index (χ3n) is 3.99. The second kappa shape index (κ2) is 6.05. The number of thioether (sulfide) groups is 1. The van der Waals surface area contributed by atoms with Gasteiger partial charge >= 0.3 is 0 Å². The second-order valence-corrected chi connectivity index (χ2v) is 6.81. The van der Waals surface area contributed by atoms with E-state index in [1.54, 1.807) is 11.8 Å². The number of aryl methyl sites for hydroxylation is 2. The number of hydrogen-bond acceptors (Lipinski definition) is 3. The maximum atomic E-state index is 4.46. The van der Waals surface area contributed by atoms with Crippen LogP contribution < -0.4 is 4.90 Å². The van der Waals surface area contributed by atoms with Gasteiger partial charge in [0.1, 0.15) is 0 Å². The summed E-state index contributed by atoms with van der Waals surface area (Å²) in [6.07, 6.45) is 1.88. The van der Waals surface area contributed by atoms with Crippen LogP contribution in [0.15, 0.2) is 41.6 Å². The smallest absolute Gasteiger partial charge is 0.0736 e. The molecule has 0 atom stereocenters. The quantitative estimate of drug-likeness (QED) is 0.718. The van der Waals surface area contributed by atoms with Gasteiger partial charge in [0.25, 0.3) is 0 Å². The first-order chi connectivity index (χ1) is 10.5. The largest absolute Gasteiger partial charge is 0.378 e. The maximum absolute atomic E-state index is 4.46. The molecule has 0 fully saturated rings. The first-order valence-electron chi connectivity index (χ1n) is 7.38. The summed E-state index contributed by atoms with van der Waals surface area (Å²) in [5, 5.41) is 2.47. The summed E-state index contributed by atoms with van der Waals surface area (Å²) < 4.78 is 0. The van der Waals surface area contributed by atoms with Gasteiger partial charge in [0.05, 0.1) is 10.7 Å². The van der Waals surface area contributed by atoms with Gasteiger partial charge in [0, 0.05) is 42.6 Å². The Morgan fingerprint density at radius 1 is 1.14 bits per heavy atom. The molecule has 0 unspecified atom stereocenters. The molecule has 0 saturated heterocycles. The molecule has 0 spiro atoms. The van der Waals surface area contributed by atoms with Crippen LogP contribution >= 0.6 is 11.8 Å². The first kappa shape index (κ1) is 15.0. The zero-order chi connectivity index (χ0) is 15.7. The van der Waals surface area contributed by atoms with E-state index in [4.69, 9.17) is 0 Å². The Morgan fingerprint density at radius 3 is 2.73 bits per heavy atom. The Kier molecular flexibility index (Phi) is 4.12. The monoisotopic (exact) mass is 311 g/mol. The topological polar surface area (TPSA) is 31.9 Å². The zero-order valence-corrected chi connectivity index (χ0v) is 14.3. The standard InChI is InChI=1S/C18H21N3S/c1-12-5-6-14-9-17(20-18(14)13(12)2)22-11-15-10-16(21(3)4)7-8-19-15/h5-10,20H,11H2,1-4H3. The van der Waals surface area contributed by atoms with E-state index >= 15 is 0 Å². The Morgan fingerprint density at radius 2 is 1.95 bits per heavy atom. The van der Waals surface area contributed by atoms with E-state index in [-0.39, 0.29) is 0 Å². The van der Waals surface area contributed by atoms with Gasteiger partial charge in [-0.25, -0.2) is 0 Å². The van der Waals surface area contributed by atoms with Crippen molar-refractivity contribution in [3.63, 3.8) is 0 Å². The molecular formula is C18H21N3S. The summed E-state index contributed by atoms with van der Waals surface area (Å²) in [5.41, 5.74) is 6.19. The number of aromatic nitrogens is 2. The minimum Gasteiger partial charge on any atom is -0.378 e. The molecule has 2 aromatic heterocycles. The molecule has 0 saturated carbocycles. The predicted molar refractivity (Wildman–Crippen MR) is 95.9 cm³/mol. The number of benzene rings is 1. The van der Waals surface area contributed by atoms with Crippen molar-refractivity contribution in [2.45, 2.75) is 24.6 Å². The van der Waals surface area contributed by atoms with Crippen LogP contribution in [0.3, 0.4) is 0 Å². The number of nitrogens with zero attached hydrogens (tertiary/aromatic N) is 2. The van der Waals surface area contributed by atoms with Crippen molar-refractivity contribution >= 4 is 28.4 Å². The van der Waals surface area contributed by atoms with Crippen LogP contribution in [0.2, 0.25) is 0 Å². The van der Waals surface area contributed by atoms with Gasteiger partial charge in [-0.2, -0.15) is 0 Å². The minimum absolute atomic E-state index is 0.868. The molecule has 3 rings (SSSR count). The molecule has 0 amide bonds. The molecule has 0 aliphatic carbocycles. The first-order valence-corrected chi connectivity index (χ1v) is 8.37. The van der Waals surface area contributed by atoms with Crippen molar-refractivity contribution in [1.29, 1.82) is 0 Å². The molecule has 0 radical (unpaired) electrons. The van der Waals surface area contributed by atoms with Gasteiger partial charge < -0.3 is 9.88 Å².